The van der Waals surface area contributed by atoms with Gasteiger partial charge in [-0.1, -0.05) is 32.4 Å². The number of nitrogens with one attached hydrogen (secondary N) is 2. The molecular weight excluding hydrogens is 614 g/mol. The van der Waals surface area contributed by atoms with Gasteiger partial charge in [0.2, 0.25) is 5.91 Å². The molecular formula is C26H29ClF6N4O4S. The second-order valence-corrected chi connectivity index (χ2v) is 12.4. The van der Waals surface area contributed by atoms with Crippen LogP contribution in [0.15, 0.2) is 30.3 Å². The van der Waals surface area contributed by atoms with Crippen LogP contribution in [0.4, 0.5) is 37.7 Å². The summed E-state index contributed by atoms with van der Waals surface area (Å²) in [4.78, 5) is 40.2. The second-order valence-electron chi connectivity index (χ2n) is 10.7. The van der Waals surface area contributed by atoms with E-state index in [9.17, 15) is 40.7 Å². The molecule has 1 aliphatic heterocycles. The van der Waals surface area contributed by atoms with Crippen molar-refractivity contribution in [3.05, 3.63) is 45.1 Å². The standard InChI is InChI=1S/C26H29ClF6N4O4S/c1-24(2,3)13-36(14-25(28,29)30)18(11-34-23(40)19-6-7-20(27)42-19)22(39)35-17-5-4-15(10-16(17)26(31,32)33)37-8-9-41-12-21(37)38/h4-7,10,18H,8-9,11-14H2,1-3H3,(H,34,40)(H,35,39)/t18-/m0/s1. The zero-order chi connectivity index (χ0) is 31.5. The Hall–Kier alpha value is -2.88. The Labute approximate surface area is 246 Å². The molecule has 1 saturated heterocycles. The quantitative estimate of drug-likeness (QED) is 0.356. The average molecular weight is 643 g/mol. The molecule has 1 aliphatic rings. The fourth-order valence-electron chi connectivity index (χ4n) is 4.27. The van der Waals surface area contributed by atoms with Gasteiger partial charge in [-0.15, -0.1) is 11.3 Å². The Morgan fingerprint density at radius 3 is 2.33 bits per heavy atom. The molecule has 1 fully saturated rings. The first-order valence-electron chi connectivity index (χ1n) is 12.6. The summed E-state index contributed by atoms with van der Waals surface area (Å²) < 4.78 is 88.4. The Kier molecular flexibility index (Phi) is 10.6. The first kappa shape index (κ1) is 33.6. The topological polar surface area (TPSA) is 91.0 Å². The predicted octanol–water partition coefficient (Wildman–Crippen LogP) is 5.43. The van der Waals surface area contributed by atoms with Gasteiger partial charge in [0, 0.05) is 25.3 Å². The zero-order valence-corrected chi connectivity index (χ0v) is 24.4. The highest BCUT2D eigenvalue weighted by Crippen LogP contribution is 2.38. The SMILES string of the molecule is CC(C)(C)CN(CC(F)(F)F)[C@@H](CNC(=O)c1ccc(Cl)s1)C(=O)Nc1ccc(N2CCOCC2=O)cc1C(F)(F)F. The van der Waals surface area contributed by atoms with E-state index in [4.69, 9.17) is 16.3 Å². The molecule has 0 radical (unpaired) electrons. The van der Waals surface area contributed by atoms with Gasteiger partial charge in [-0.05, 0) is 35.7 Å². The highest BCUT2D eigenvalue weighted by atomic mass is 35.5. The van der Waals surface area contributed by atoms with Crippen LogP contribution < -0.4 is 15.5 Å². The van der Waals surface area contributed by atoms with Crippen LogP contribution in [0.1, 0.15) is 36.0 Å². The molecule has 3 rings (SSSR count). The monoisotopic (exact) mass is 642 g/mol. The number of thiophene rings is 1. The second kappa shape index (κ2) is 13.2. The number of amides is 3. The summed E-state index contributed by atoms with van der Waals surface area (Å²) in [6, 6.07) is 3.91. The lowest BCUT2D eigenvalue weighted by Crippen LogP contribution is -2.55. The summed E-state index contributed by atoms with van der Waals surface area (Å²) in [5.74, 6) is -2.48. The first-order valence-corrected chi connectivity index (χ1v) is 13.8. The number of halogens is 7. The van der Waals surface area contributed by atoms with Gasteiger partial charge in [0.05, 0.1) is 33.6 Å². The smallest absolute Gasteiger partial charge is 0.370 e. The van der Waals surface area contributed by atoms with Crippen molar-refractivity contribution in [2.24, 2.45) is 5.41 Å². The van der Waals surface area contributed by atoms with E-state index in [0.717, 1.165) is 27.2 Å². The number of anilines is 2. The van der Waals surface area contributed by atoms with Gasteiger partial charge < -0.3 is 20.3 Å². The van der Waals surface area contributed by atoms with Crippen molar-refractivity contribution in [2.75, 3.05) is 49.6 Å². The summed E-state index contributed by atoms with van der Waals surface area (Å²) in [6.07, 6.45) is -9.76. The number of benzene rings is 1. The Bertz CT molecular complexity index is 1280. The maximum Gasteiger partial charge on any atom is 0.418 e. The third-order valence-electron chi connectivity index (χ3n) is 5.92. The van der Waals surface area contributed by atoms with Gasteiger partial charge in [-0.2, -0.15) is 26.3 Å². The Balaban J connectivity index is 1.96. The molecule has 42 heavy (non-hydrogen) atoms. The molecule has 0 spiro atoms. The highest BCUT2D eigenvalue weighted by Gasteiger charge is 2.40. The molecule has 2 aromatic rings. The molecule has 2 heterocycles. The van der Waals surface area contributed by atoms with Crippen molar-refractivity contribution < 1.29 is 45.5 Å². The maximum atomic E-state index is 14.1. The molecule has 1 atom stereocenters. The molecule has 16 heteroatoms. The third-order valence-corrected chi connectivity index (χ3v) is 7.15. The van der Waals surface area contributed by atoms with E-state index in [1.165, 1.54) is 18.2 Å². The number of hydrogen-bond acceptors (Lipinski definition) is 6. The predicted molar refractivity (Wildman–Crippen MR) is 146 cm³/mol. The summed E-state index contributed by atoms with van der Waals surface area (Å²) >= 11 is 6.75. The number of carbonyl (C=O) groups is 3. The molecule has 3 amide bonds. The van der Waals surface area contributed by atoms with Crippen molar-refractivity contribution in [1.82, 2.24) is 10.2 Å². The zero-order valence-electron chi connectivity index (χ0n) is 22.8. The van der Waals surface area contributed by atoms with Gasteiger partial charge in [0.15, 0.2) is 0 Å². The van der Waals surface area contributed by atoms with Gasteiger partial charge in [0.1, 0.15) is 12.6 Å². The molecule has 1 aromatic heterocycles. The minimum atomic E-state index is -4.99. The van der Waals surface area contributed by atoms with E-state index in [2.05, 4.69) is 10.6 Å². The fraction of sp³-hybridized carbons (Fsp3) is 0.500. The van der Waals surface area contributed by atoms with Gasteiger partial charge in [-0.25, -0.2) is 0 Å². The summed E-state index contributed by atoms with van der Waals surface area (Å²) in [7, 11) is 0. The maximum absolute atomic E-state index is 14.1. The first-order chi connectivity index (χ1) is 19.3. The minimum Gasteiger partial charge on any atom is -0.370 e. The lowest BCUT2D eigenvalue weighted by atomic mass is 9.95. The van der Waals surface area contributed by atoms with Gasteiger partial charge in [0.25, 0.3) is 11.8 Å². The molecule has 0 aliphatic carbocycles. The van der Waals surface area contributed by atoms with Crippen LogP contribution >= 0.6 is 22.9 Å². The Morgan fingerprint density at radius 1 is 1.10 bits per heavy atom. The van der Waals surface area contributed by atoms with Crippen LogP contribution in [0.2, 0.25) is 4.34 Å². The van der Waals surface area contributed by atoms with E-state index in [-0.39, 0.29) is 41.2 Å². The number of ether oxygens (including phenoxy) is 1. The number of nitrogens with zero attached hydrogens (tertiary/aromatic N) is 2. The normalized spacial score (nSPS) is 15.6. The van der Waals surface area contributed by atoms with Crippen LogP contribution in [0.25, 0.3) is 0 Å². The Morgan fingerprint density at radius 2 is 1.79 bits per heavy atom. The van der Waals surface area contributed by atoms with E-state index in [1.807, 2.05) is 0 Å². The number of alkyl halides is 6. The van der Waals surface area contributed by atoms with Crippen molar-refractivity contribution in [2.45, 2.75) is 39.2 Å². The van der Waals surface area contributed by atoms with Crippen LogP contribution in [-0.2, 0) is 20.5 Å². The molecule has 0 bridgehead atoms. The number of hydrogen-bond donors (Lipinski definition) is 2. The largest absolute Gasteiger partial charge is 0.418 e. The third kappa shape index (κ3) is 9.57. The molecule has 2 N–H and O–H groups in total. The van der Waals surface area contributed by atoms with Gasteiger partial charge in [-0.3, -0.25) is 19.3 Å². The van der Waals surface area contributed by atoms with E-state index < -0.39 is 65.9 Å². The van der Waals surface area contributed by atoms with Gasteiger partial charge >= 0.3 is 12.4 Å². The minimum absolute atomic E-state index is 0.0122. The van der Waals surface area contributed by atoms with Crippen molar-refractivity contribution in [1.29, 1.82) is 0 Å². The lowest BCUT2D eigenvalue weighted by molar-refractivity contribution is -0.156. The van der Waals surface area contributed by atoms with Crippen molar-refractivity contribution in [3.63, 3.8) is 0 Å². The summed E-state index contributed by atoms with van der Waals surface area (Å²) in [5, 5.41) is 4.51. The fourth-order valence-corrected chi connectivity index (χ4v) is 5.23. The molecule has 0 unspecified atom stereocenters. The molecule has 1 aromatic carbocycles. The van der Waals surface area contributed by atoms with Crippen molar-refractivity contribution in [3.8, 4) is 0 Å². The number of carbonyl (C=O) groups excluding carboxylic acids is 3. The van der Waals surface area contributed by atoms with Crippen LogP contribution in [0.3, 0.4) is 0 Å². The average Bonchev–Trinajstić information content (AvgIpc) is 3.28. The van der Waals surface area contributed by atoms with E-state index in [0.29, 0.717) is 6.07 Å². The number of rotatable bonds is 9. The van der Waals surface area contributed by atoms with Crippen molar-refractivity contribution >= 4 is 52.0 Å². The molecule has 0 saturated carbocycles. The van der Waals surface area contributed by atoms with Crippen LogP contribution in [0.5, 0.6) is 0 Å². The molecule has 232 valence electrons. The van der Waals surface area contributed by atoms with E-state index in [1.54, 1.807) is 20.8 Å². The molecule has 8 nitrogen and oxygen atoms in total. The summed E-state index contributed by atoms with van der Waals surface area (Å²) in [5.41, 5.74) is -2.88. The van der Waals surface area contributed by atoms with Crippen LogP contribution in [0, 0.1) is 5.41 Å². The highest BCUT2D eigenvalue weighted by molar-refractivity contribution is 7.18. The van der Waals surface area contributed by atoms with E-state index >= 15 is 0 Å². The van der Waals surface area contributed by atoms with Crippen LogP contribution in [-0.4, -0.2) is 74.2 Å². The summed E-state index contributed by atoms with van der Waals surface area (Å²) in [6.45, 7) is 2.21. The lowest BCUT2D eigenvalue weighted by Gasteiger charge is -2.36. The number of morpholine rings is 1.